The minimum absolute atomic E-state index is 0.105. The molecule has 4 N–H and O–H groups in total. The van der Waals surface area contributed by atoms with E-state index in [0.29, 0.717) is 5.56 Å². The molecular formula is C14H21NO4. The van der Waals surface area contributed by atoms with Gasteiger partial charge in [0, 0.05) is 0 Å². The van der Waals surface area contributed by atoms with Crippen LogP contribution in [0.1, 0.15) is 32.3 Å². The second-order valence-corrected chi connectivity index (χ2v) is 4.51. The van der Waals surface area contributed by atoms with Gasteiger partial charge in [0.05, 0.1) is 0 Å². The Morgan fingerprint density at radius 1 is 1.26 bits per heavy atom. The number of carbonyl (C=O) groups excluding carboxylic acids is 1. The zero-order valence-electron chi connectivity index (χ0n) is 11.3. The number of aromatic hydroxyl groups is 2. The number of phenols is 2. The van der Waals surface area contributed by atoms with Crippen molar-refractivity contribution in [3.05, 3.63) is 23.8 Å². The zero-order valence-corrected chi connectivity index (χ0v) is 11.3. The van der Waals surface area contributed by atoms with E-state index in [9.17, 15) is 15.0 Å². The third-order valence-electron chi connectivity index (χ3n) is 2.99. The fraction of sp³-hybridized carbons (Fsp3) is 0.500. The maximum Gasteiger partial charge on any atom is 0.323 e. The largest absolute Gasteiger partial charge is 0.504 e. The van der Waals surface area contributed by atoms with Gasteiger partial charge in [0.1, 0.15) is 12.1 Å². The lowest BCUT2D eigenvalue weighted by Gasteiger charge is -2.17. The van der Waals surface area contributed by atoms with E-state index in [4.69, 9.17) is 10.5 Å². The third kappa shape index (κ3) is 4.44. The van der Waals surface area contributed by atoms with Crippen LogP contribution in [-0.2, 0) is 16.0 Å². The summed E-state index contributed by atoms with van der Waals surface area (Å²) in [4.78, 5) is 11.8. The van der Waals surface area contributed by atoms with Crippen LogP contribution in [0.4, 0.5) is 0 Å². The molecule has 0 amide bonds. The fourth-order valence-electron chi connectivity index (χ4n) is 1.74. The summed E-state index contributed by atoms with van der Waals surface area (Å²) in [6.45, 7) is 3.90. The molecule has 0 bridgehead atoms. The van der Waals surface area contributed by atoms with E-state index in [0.717, 1.165) is 12.8 Å². The first kappa shape index (κ1) is 15.3. The molecule has 0 aromatic heterocycles. The molecule has 1 rings (SSSR count). The van der Waals surface area contributed by atoms with Crippen LogP contribution >= 0.6 is 0 Å². The van der Waals surface area contributed by atoms with Gasteiger partial charge in [-0.25, -0.2) is 0 Å². The molecule has 0 aliphatic rings. The molecule has 0 saturated carbocycles. The van der Waals surface area contributed by atoms with Gasteiger partial charge in [0.25, 0.3) is 0 Å². The predicted octanol–water partition coefficient (Wildman–Crippen LogP) is 1.70. The summed E-state index contributed by atoms with van der Waals surface area (Å²) < 4.78 is 5.26. The number of hydrogen-bond donors (Lipinski definition) is 3. The number of rotatable bonds is 6. The van der Waals surface area contributed by atoms with E-state index in [1.54, 1.807) is 6.07 Å². The van der Waals surface area contributed by atoms with Crippen LogP contribution in [0.3, 0.4) is 0 Å². The predicted molar refractivity (Wildman–Crippen MR) is 71.9 cm³/mol. The van der Waals surface area contributed by atoms with E-state index in [1.165, 1.54) is 12.1 Å². The topological polar surface area (TPSA) is 92.8 Å². The van der Waals surface area contributed by atoms with Crippen LogP contribution in [0.15, 0.2) is 18.2 Å². The SMILES string of the molecule is CCC(CC)OC(=O)[C@@H](N)Cc1ccc(O)c(O)c1. The van der Waals surface area contributed by atoms with E-state index in [-0.39, 0.29) is 24.0 Å². The lowest BCUT2D eigenvalue weighted by atomic mass is 10.1. The van der Waals surface area contributed by atoms with Crippen molar-refractivity contribution in [2.24, 2.45) is 5.73 Å². The van der Waals surface area contributed by atoms with E-state index in [2.05, 4.69) is 0 Å². The summed E-state index contributed by atoms with van der Waals surface area (Å²) in [6.07, 6.45) is 1.67. The van der Waals surface area contributed by atoms with Crippen LogP contribution in [0.2, 0.25) is 0 Å². The number of benzene rings is 1. The lowest BCUT2D eigenvalue weighted by molar-refractivity contribution is -0.150. The van der Waals surface area contributed by atoms with Crippen molar-refractivity contribution in [2.75, 3.05) is 0 Å². The summed E-state index contributed by atoms with van der Waals surface area (Å²) >= 11 is 0. The Morgan fingerprint density at radius 3 is 2.42 bits per heavy atom. The van der Waals surface area contributed by atoms with Crippen LogP contribution in [-0.4, -0.2) is 28.3 Å². The Hall–Kier alpha value is -1.75. The molecule has 0 unspecified atom stereocenters. The Balaban J connectivity index is 2.60. The summed E-state index contributed by atoms with van der Waals surface area (Å²) in [5.74, 6) is -0.865. The molecule has 1 aromatic rings. The Bertz CT molecular complexity index is 429. The molecule has 5 nitrogen and oxygen atoms in total. The van der Waals surface area contributed by atoms with Crippen LogP contribution in [0.25, 0.3) is 0 Å². The molecule has 0 radical (unpaired) electrons. The van der Waals surface area contributed by atoms with Crippen molar-refractivity contribution in [1.29, 1.82) is 0 Å². The number of ether oxygens (including phenoxy) is 1. The van der Waals surface area contributed by atoms with Crippen molar-refractivity contribution in [1.82, 2.24) is 0 Å². The molecule has 0 aliphatic carbocycles. The second-order valence-electron chi connectivity index (χ2n) is 4.51. The highest BCUT2D eigenvalue weighted by molar-refractivity contribution is 5.76. The van der Waals surface area contributed by atoms with Gasteiger partial charge in [-0.05, 0) is 37.0 Å². The van der Waals surface area contributed by atoms with Crippen molar-refractivity contribution in [2.45, 2.75) is 45.3 Å². The van der Waals surface area contributed by atoms with Crippen molar-refractivity contribution < 1.29 is 19.7 Å². The average molecular weight is 267 g/mol. The first-order valence-corrected chi connectivity index (χ1v) is 6.44. The van der Waals surface area contributed by atoms with Crippen molar-refractivity contribution >= 4 is 5.97 Å². The number of carbonyl (C=O) groups is 1. The van der Waals surface area contributed by atoms with Gasteiger partial charge < -0.3 is 20.7 Å². The van der Waals surface area contributed by atoms with Gasteiger partial charge in [-0.15, -0.1) is 0 Å². The molecule has 0 spiro atoms. The van der Waals surface area contributed by atoms with Crippen LogP contribution < -0.4 is 5.73 Å². The standard InChI is InChI=1S/C14H21NO4/c1-3-10(4-2)19-14(18)11(15)7-9-5-6-12(16)13(17)8-9/h5-6,8,10-11,16-17H,3-4,7,15H2,1-2H3/t11-/m0/s1. The summed E-state index contributed by atoms with van der Waals surface area (Å²) in [5, 5.41) is 18.6. The quantitative estimate of drug-likeness (QED) is 0.539. The summed E-state index contributed by atoms with van der Waals surface area (Å²) in [5.41, 5.74) is 6.45. The Morgan fingerprint density at radius 2 is 1.89 bits per heavy atom. The van der Waals surface area contributed by atoms with Gasteiger partial charge in [0.15, 0.2) is 11.5 Å². The third-order valence-corrected chi connectivity index (χ3v) is 2.99. The summed E-state index contributed by atoms with van der Waals surface area (Å²) in [6, 6.07) is 3.59. The van der Waals surface area contributed by atoms with Crippen LogP contribution in [0, 0.1) is 0 Å². The summed E-state index contributed by atoms with van der Waals surface area (Å²) in [7, 11) is 0. The molecule has 19 heavy (non-hydrogen) atoms. The fourth-order valence-corrected chi connectivity index (χ4v) is 1.74. The molecule has 0 saturated heterocycles. The van der Waals surface area contributed by atoms with Crippen molar-refractivity contribution in [3.8, 4) is 11.5 Å². The smallest absolute Gasteiger partial charge is 0.323 e. The molecule has 1 aromatic carbocycles. The molecular weight excluding hydrogens is 246 g/mol. The highest BCUT2D eigenvalue weighted by Crippen LogP contribution is 2.25. The first-order chi connectivity index (χ1) is 8.97. The average Bonchev–Trinajstić information content (AvgIpc) is 2.39. The molecule has 0 fully saturated rings. The molecule has 1 atom stereocenters. The minimum Gasteiger partial charge on any atom is -0.504 e. The maximum atomic E-state index is 11.8. The first-order valence-electron chi connectivity index (χ1n) is 6.44. The second kappa shape index (κ2) is 6.99. The highest BCUT2D eigenvalue weighted by Gasteiger charge is 2.19. The number of nitrogens with two attached hydrogens (primary N) is 1. The van der Waals surface area contributed by atoms with E-state index < -0.39 is 12.0 Å². The van der Waals surface area contributed by atoms with Crippen LogP contribution in [0.5, 0.6) is 11.5 Å². The molecule has 106 valence electrons. The maximum absolute atomic E-state index is 11.8. The molecule has 5 heteroatoms. The molecule has 0 aliphatic heterocycles. The lowest BCUT2D eigenvalue weighted by Crippen LogP contribution is -2.36. The number of esters is 1. The van der Waals surface area contributed by atoms with Gasteiger partial charge in [-0.2, -0.15) is 0 Å². The van der Waals surface area contributed by atoms with Gasteiger partial charge in [0.2, 0.25) is 0 Å². The Kier molecular flexibility index (Phi) is 5.63. The van der Waals surface area contributed by atoms with Gasteiger partial charge >= 0.3 is 5.97 Å². The molecule has 0 heterocycles. The van der Waals surface area contributed by atoms with E-state index in [1.807, 2.05) is 13.8 Å². The van der Waals surface area contributed by atoms with Crippen molar-refractivity contribution in [3.63, 3.8) is 0 Å². The van der Waals surface area contributed by atoms with Gasteiger partial charge in [-0.3, -0.25) is 4.79 Å². The zero-order chi connectivity index (χ0) is 14.4. The van der Waals surface area contributed by atoms with Gasteiger partial charge in [-0.1, -0.05) is 19.9 Å². The number of phenolic OH excluding ortho intramolecular Hbond substituents is 2. The monoisotopic (exact) mass is 267 g/mol. The van der Waals surface area contributed by atoms with E-state index >= 15 is 0 Å². The number of hydrogen-bond acceptors (Lipinski definition) is 5. The Labute approximate surface area is 113 Å². The normalized spacial score (nSPS) is 12.4. The highest BCUT2D eigenvalue weighted by atomic mass is 16.5. The minimum atomic E-state index is -0.774.